The Balaban J connectivity index is 2.25. The largest absolute Gasteiger partial charge is 0.434 e. The van der Waals surface area contributed by atoms with E-state index in [1.807, 2.05) is 0 Å². The number of nitrogens with one attached hydrogen (secondary N) is 1. The molecule has 0 bridgehead atoms. The van der Waals surface area contributed by atoms with Crippen LogP contribution >= 0.6 is 0 Å². The van der Waals surface area contributed by atoms with Gasteiger partial charge in [-0.3, -0.25) is 9.78 Å². The molecule has 2 rings (SSSR count). The van der Waals surface area contributed by atoms with Gasteiger partial charge in [0.15, 0.2) is 11.5 Å². The lowest BCUT2D eigenvalue weighted by Crippen LogP contribution is -2.31. The molecule has 1 N–H and O–H groups in total. The minimum atomic E-state index is -4.71. The Kier molecular flexibility index (Phi) is 4.43. The molecule has 118 valence electrons. The molecular weight excluding hydrogens is 301 g/mol. The van der Waals surface area contributed by atoms with Crippen LogP contribution in [0.2, 0.25) is 0 Å². The van der Waals surface area contributed by atoms with Crippen molar-refractivity contribution in [3.63, 3.8) is 0 Å². The van der Waals surface area contributed by atoms with Gasteiger partial charge in [0.2, 0.25) is 5.89 Å². The number of carbonyl (C=O) groups is 1. The minimum Gasteiger partial charge on any atom is -0.342 e. The van der Waals surface area contributed by atoms with E-state index in [0.29, 0.717) is 12.3 Å². The summed E-state index contributed by atoms with van der Waals surface area (Å²) in [7, 11) is 0. The van der Waals surface area contributed by atoms with E-state index in [2.05, 4.69) is 20.4 Å². The Morgan fingerprint density at radius 1 is 1.45 bits per heavy atom. The molecule has 2 aromatic heterocycles. The zero-order chi connectivity index (χ0) is 16.3. The first-order chi connectivity index (χ1) is 10.3. The van der Waals surface area contributed by atoms with Crippen molar-refractivity contribution in [3.8, 4) is 0 Å². The Bertz CT molecular complexity index is 669. The number of rotatable bonds is 4. The quantitative estimate of drug-likeness (QED) is 0.938. The molecule has 0 aliphatic heterocycles. The number of nitrogens with zero attached hydrogens (tertiary/aromatic N) is 3. The second-order valence-electron chi connectivity index (χ2n) is 4.50. The van der Waals surface area contributed by atoms with Gasteiger partial charge in [-0.25, -0.2) is 0 Å². The minimum absolute atomic E-state index is 0.214. The van der Waals surface area contributed by atoms with E-state index in [9.17, 15) is 18.0 Å². The van der Waals surface area contributed by atoms with Crippen LogP contribution in [0.5, 0.6) is 0 Å². The lowest BCUT2D eigenvalue weighted by molar-refractivity contribution is -0.141. The predicted molar refractivity (Wildman–Crippen MR) is 68.8 cm³/mol. The fourth-order valence-electron chi connectivity index (χ4n) is 1.86. The first kappa shape index (κ1) is 15.9. The fraction of sp³-hybridized carbons (Fsp3) is 0.385. The second kappa shape index (κ2) is 6.12. The van der Waals surface area contributed by atoms with Crippen molar-refractivity contribution < 1.29 is 22.5 Å². The van der Waals surface area contributed by atoms with Crippen LogP contribution in [0.1, 0.15) is 47.2 Å². The normalized spacial score (nSPS) is 13.0. The van der Waals surface area contributed by atoms with E-state index < -0.39 is 29.4 Å². The molecule has 0 spiro atoms. The summed E-state index contributed by atoms with van der Waals surface area (Å²) < 4.78 is 43.4. The van der Waals surface area contributed by atoms with Crippen molar-refractivity contribution in [2.24, 2.45) is 0 Å². The average molecular weight is 314 g/mol. The fourth-order valence-corrected chi connectivity index (χ4v) is 1.86. The van der Waals surface area contributed by atoms with Crippen LogP contribution in [0.15, 0.2) is 22.9 Å². The van der Waals surface area contributed by atoms with Gasteiger partial charge in [0, 0.05) is 13.1 Å². The maximum absolute atomic E-state index is 12.9. The van der Waals surface area contributed by atoms with Gasteiger partial charge in [0.25, 0.3) is 5.91 Å². The van der Waals surface area contributed by atoms with Gasteiger partial charge in [-0.1, -0.05) is 12.1 Å². The van der Waals surface area contributed by atoms with E-state index in [4.69, 9.17) is 4.52 Å². The van der Waals surface area contributed by atoms with E-state index in [1.54, 1.807) is 13.8 Å². The van der Waals surface area contributed by atoms with E-state index >= 15 is 0 Å². The molecule has 0 unspecified atom stereocenters. The summed E-state index contributed by atoms with van der Waals surface area (Å²) in [6.07, 6.45) is -3.33. The standard InChI is InChI=1S/C13H13F3N4O2/c1-3-9(11-18-7(2)22-20-11)19-12(21)8-5-4-6-17-10(8)13(14,15)16/h4-6,9H,3H2,1-2H3,(H,19,21)/t9-/m1/s1. The van der Waals surface area contributed by atoms with Gasteiger partial charge < -0.3 is 9.84 Å². The molecule has 2 heterocycles. The average Bonchev–Trinajstić information content (AvgIpc) is 2.90. The number of amides is 1. The SMILES string of the molecule is CC[C@@H](NC(=O)c1cccnc1C(F)(F)F)c1noc(C)n1. The van der Waals surface area contributed by atoms with Crippen molar-refractivity contribution in [2.45, 2.75) is 32.5 Å². The van der Waals surface area contributed by atoms with Crippen LogP contribution in [-0.2, 0) is 6.18 Å². The molecule has 0 fully saturated rings. The molecule has 0 aromatic carbocycles. The highest BCUT2D eigenvalue weighted by Crippen LogP contribution is 2.30. The molecule has 22 heavy (non-hydrogen) atoms. The first-order valence-corrected chi connectivity index (χ1v) is 6.46. The molecule has 0 saturated carbocycles. The second-order valence-corrected chi connectivity index (χ2v) is 4.50. The molecule has 2 aromatic rings. The molecule has 0 radical (unpaired) electrons. The van der Waals surface area contributed by atoms with Crippen LogP contribution in [0, 0.1) is 6.92 Å². The summed E-state index contributed by atoms with van der Waals surface area (Å²) in [6.45, 7) is 3.32. The predicted octanol–water partition coefficient (Wildman–Crippen LogP) is 2.67. The van der Waals surface area contributed by atoms with Gasteiger partial charge >= 0.3 is 6.18 Å². The smallest absolute Gasteiger partial charge is 0.342 e. The van der Waals surface area contributed by atoms with Crippen molar-refractivity contribution in [1.82, 2.24) is 20.4 Å². The van der Waals surface area contributed by atoms with Crippen molar-refractivity contribution in [2.75, 3.05) is 0 Å². The summed E-state index contributed by atoms with van der Waals surface area (Å²) >= 11 is 0. The molecule has 0 saturated heterocycles. The summed E-state index contributed by atoms with van der Waals surface area (Å²) in [5.41, 5.74) is -1.78. The molecule has 0 aliphatic rings. The van der Waals surface area contributed by atoms with Crippen molar-refractivity contribution in [3.05, 3.63) is 41.3 Å². The Hall–Kier alpha value is -2.45. The number of carbonyl (C=O) groups excluding carboxylic acids is 1. The van der Waals surface area contributed by atoms with E-state index in [1.165, 1.54) is 6.07 Å². The third-order valence-electron chi connectivity index (χ3n) is 2.89. The van der Waals surface area contributed by atoms with Crippen LogP contribution in [0.4, 0.5) is 13.2 Å². The molecule has 9 heteroatoms. The molecular formula is C13H13F3N4O2. The maximum Gasteiger partial charge on any atom is 0.434 e. The highest BCUT2D eigenvalue weighted by Gasteiger charge is 2.37. The summed E-state index contributed by atoms with van der Waals surface area (Å²) in [4.78, 5) is 19.3. The Morgan fingerprint density at radius 3 is 2.73 bits per heavy atom. The van der Waals surface area contributed by atoms with Crippen LogP contribution in [0.25, 0.3) is 0 Å². The molecule has 1 atom stereocenters. The van der Waals surface area contributed by atoms with Crippen molar-refractivity contribution in [1.29, 1.82) is 0 Å². The highest BCUT2D eigenvalue weighted by molar-refractivity contribution is 5.95. The summed E-state index contributed by atoms with van der Waals surface area (Å²) in [5, 5.41) is 6.13. The van der Waals surface area contributed by atoms with Gasteiger partial charge in [-0.05, 0) is 18.6 Å². The maximum atomic E-state index is 12.9. The highest BCUT2D eigenvalue weighted by atomic mass is 19.4. The monoisotopic (exact) mass is 314 g/mol. The van der Waals surface area contributed by atoms with Crippen LogP contribution < -0.4 is 5.32 Å². The third kappa shape index (κ3) is 3.41. The van der Waals surface area contributed by atoms with E-state index in [0.717, 1.165) is 12.3 Å². The number of alkyl halides is 3. The van der Waals surface area contributed by atoms with Gasteiger partial charge in [0.05, 0.1) is 11.6 Å². The van der Waals surface area contributed by atoms with Gasteiger partial charge in [-0.15, -0.1) is 0 Å². The van der Waals surface area contributed by atoms with E-state index in [-0.39, 0.29) is 5.82 Å². The number of hydrogen-bond acceptors (Lipinski definition) is 5. The molecule has 6 nitrogen and oxygen atoms in total. The Morgan fingerprint density at radius 2 is 2.18 bits per heavy atom. The zero-order valence-electron chi connectivity index (χ0n) is 11.8. The zero-order valence-corrected chi connectivity index (χ0v) is 11.8. The molecule has 1 amide bonds. The topological polar surface area (TPSA) is 80.9 Å². The number of pyridine rings is 1. The van der Waals surface area contributed by atoms with Crippen LogP contribution in [0.3, 0.4) is 0 Å². The van der Waals surface area contributed by atoms with Crippen LogP contribution in [-0.4, -0.2) is 21.0 Å². The van der Waals surface area contributed by atoms with Gasteiger partial charge in [-0.2, -0.15) is 18.2 Å². The number of aromatic nitrogens is 3. The lowest BCUT2D eigenvalue weighted by atomic mass is 10.1. The summed E-state index contributed by atoms with van der Waals surface area (Å²) in [5.74, 6) is -0.374. The number of halogens is 3. The number of hydrogen-bond donors (Lipinski definition) is 1. The Labute approximate surface area is 123 Å². The molecule has 0 aliphatic carbocycles. The summed E-state index contributed by atoms with van der Waals surface area (Å²) in [6, 6.07) is 1.69. The van der Waals surface area contributed by atoms with Gasteiger partial charge in [0.1, 0.15) is 0 Å². The first-order valence-electron chi connectivity index (χ1n) is 6.46. The number of aryl methyl sites for hydroxylation is 1. The van der Waals surface area contributed by atoms with Crippen molar-refractivity contribution >= 4 is 5.91 Å². The lowest BCUT2D eigenvalue weighted by Gasteiger charge is -2.15. The third-order valence-corrected chi connectivity index (χ3v) is 2.89.